The van der Waals surface area contributed by atoms with Gasteiger partial charge < -0.3 is 4.90 Å². The number of fused-ring (bicyclic) bond motifs is 1. The van der Waals surface area contributed by atoms with Gasteiger partial charge in [0.05, 0.1) is 17.5 Å². The van der Waals surface area contributed by atoms with Gasteiger partial charge in [0.2, 0.25) is 5.91 Å². The number of rotatable bonds is 4. The SMILES string of the molecule is CC(C)CC(=O)N1CCN(Cc2ccsc2)[C@@H]2CS(=O)(=O)C[C@@H]21. The van der Waals surface area contributed by atoms with E-state index in [0.717, 1.165) is 13.1 Å². The van der Waals surface area contributed by atoms with Crippen molar-refractivity contribution in [1.29, 1.82) is 0 Å². The molecule has 1 aromatic rings. The molecule has 0 radical (unpaired) electrons. The second-order valence-corrected chi connectivity index (χ2v) is 9.93. The minimum atomic E-state index is -3.07. The van der Waals surface area contributed by atoms with Crippen molar-refractivity contribution in [2.75, 3.05) is 24.6 Å². The molecular formula is C16H24N2O3S2. The van der Waals surface area contributed by atoms with Crippen LogP contribution in [0.4, 0.5) is 0 Å². The fourth-order valence-corrected chi connectivity index (χ4v) is 6.29. The summed E-state index contributed by atoms with van der Waals surface area (Å²) in [5.41, 5.74) is 1.22. The molecule has 2 aliphatic heterocycles. The molecule has 128 valence electrons. The Bertz CT molecular complexity index is 655. The largest absolute Gasteiger partial charge is 0.336 e. The lowest BCUT2D eigenvalue weighted by Gasteiger charge is -2.44. The predicted octanol–water partition coefficient (Wildman–Crippen LogP) is 1.60. The molecule has 7 heteroatoms. The third-order valence-corrected chi connectivity index (χ3v) is 7.09. The fourth-order valence-electron chi connectivity index (χ4n) is 3.61. The maximum absolute atomic E-state index is 12.5. The second kappa shape index (κ2) is 6.53. The van der Waals surface area contributed by atoms with Gasteiger partial charge in [-0.15, -0.1) is 0 Å². The van der Waals surface area contributed by atoms with E-state index < -0.39 is 9.84 Å². The third-order valence-electron chi connectivity index (χ3n) is 4.66. The molecular weight excluding hydrogens is 332 g/mol. The van der Waals surface area contributed by atoms with Gasteiger partial charge >= 0.3 is 0 Å². The van der Waals surface area contributed by atoms with E-state index in [0.29, 0.717) is 18.9 Å². The zero-order chi connectivity index (χ0) is 16.6. The Hall–Kier alpha value is -0.920. The van der Waals surface area contributed by atoms with Crippen LogP contribution in [0.3, 0.4) is 0 Å². The van der Waals surface area contributed by atoms with Crippen molar-refractivity contribution in [3.63, 3.8) is 0 Å². The Morgan fingerprint density at radius 1 is 1.30 bits per heavy atom. The smallest absolute Gasteiger partial charge is 0.223 e. The average molecular weight is 357 g/mol. The number of carbonyl (C=O) groups is 1. The van der Waals surface area contributed by atoms with Crippen LogP contribution in [0, 0.1) is 5.92 Å². The lowest BCUT2D eigenvalue weighted by Crippen LogP contribution is -2.60. The van der Waals surface area contributed by atoms with Crippen LogP contribution in [-0.4, -0.2) is 60.8 Å². The second-order valence-electron chi connectivity index (χ2n) is 7.00. The topological polar surface area (TPSA) is 57.7 Å². The normalized spacial score (nSPS) is 27.3. The lowest BCUT2D eigenvalue weighted by atomic mass is 10.0. The van der Waals surface area contributed by atoms with E-state index in [9.17, 15) is 13.2 Å². The highest BCUT2D eigenvalue weighted by atomic mass is 32.2. The first-order valence-corrected chi connectivity index (χ1v) is 10.9. The van der Waals surface area contributed by atoms with Gasteiger partial charge in [0.1, 0.15) is 0 Å². The van der Waals surface area contributed by atoms with Crippen molar-refractivity contribution in [3.05, 3.63) is 22.4 Å². The summed E-state index contributed by atoms with van der Waals surface area (Å²) in [6.45, 7) is 6.19. The van der Waals surface area contributed by atoms with Gasteiger partial charge in [0.15, 0.2) is 9.84 Å². The first-order chi connectivity index (χ1) is 10.9. The maximum Gasteiger partial charge on any atom is 0.223 e. The summed E-state index contributed by atoms with van der Waals surface area (Å²) in [4.78, 5) is 16.6. The lowest BCUT2D eigenvalue weighted by molar-refractivity contribution is -0.137. The predicted molar refractivity (Wildman–Crippen MR) is 92.1 cm³/mol. The van der Waals surface area contributed by atoms with Crippen LogP contribution >= 0.6 is 11.3 Å². The van der Waals surface area contributed by atoms with E-state index in [1.54, 1.807) is 11.3 Å². The standard InChI is InChI=1S/C16H24N2O3S2/c1-12(2)7-16(19)18-5-4-17(8-13-3-6-22-9-13)14-10-23(20,21)11-15(14)18/h3,6,9,12,14-15H,4-5,7-8,10-11H2,1-2H3/t14-,15+/m1/s1. The summed E-state index contributed by atoms with van der Waals surface area (Å²) in [5.74, 6) is 0.680. The molecule has 5 nitrogen and oxygen atoms in total. The van der Waals surface area contributed by atoms with Crippen molar-refractivity contribution in [1.82, 2.24) is 9.80 Å². The molecule has 3 rings (SSSR count). The van der Waals surface area contributed by atoms with Gasteiger partial charge in [0.25, 0.3) is 0 Å². The minimum Gasteiger partial charge on any atom is -0.336 e. The van der Waals surface area contributed by atoms with E-state index in [-0.39, 0.29) is 29.5 Å². The highest BCUT2D eigenvalue weighted by Gasteiger charge is 2.47. The maximum atomic E-state index is 12.5. The van der Waals surface area contributed by atoms with Gasteiger partial charge in [-0.1, -0.05) is 13.8 Å². The summed E-state index contributed by atoms with van der Waals surface area (Å²) < 4.78 is 24.3. The molecule has 2 fully saturated rings. The fraction of sp³-hybridized carbons (Fsp3) is 0.688. The van der Waals surface area contributed by atoms with Gasteiger partial charge in [-0.25, -0.2) is 8.42 Å². The van der Waals surface area contributed by atoms with Crippen molar-refractivity contribution in [2.45, 2.75) is 38.9 Å². The number of piperazine rings is 1. The number of carbonyl (C=O) groups excluding carboxylic acids is 1. The van der Waals surface area contributed by atoms with Crippen LogP contribution in [-0.2, 0) is 21.2 Å². The number of amides is 1. The molecule has 2 aliphatic rings. The number of nitrogens with zero attached hydrogens (tertiary/aromatic N) is 2. The van der Waals surface area contributed by atoms with Gasteiger partial charge in [-0.2, -0.15) is 11.3 Å². The van der Waals surface area contributed by atoms with E-state index in [4.69, 9.17) is 0 Å². The molecule has 0 N–H and O–H groups in total. The van der Waals surface area contributed by atoms with Crippen LogP contribution in [0.25, 0.3) is 0 Å². The van der Waals surface area contributed by atoms with Gasteiger partial charge in [-0.05, 0) is 28.3 Å². The summed E-state index contributed by atoms with van der Waals surface area (Å²) in [5, 5.41) is 4.15. The molecule has 0 saturated carbocycles. The van der Waals surface area contributed by atoms with E-state index >= 15 is 0 Å². The van der Waals surface area contributed by atoms with E-state index in [2.05, 4.69) is 16.3 Å². The molecule has 2 saturated heterocycles. The monoisotopic (exact) mass is 356 g/mol. The van der Waals surface area contributed by atoms with Gasteiger partial charge in [-0.3, -0.25) is 9.69 Å². The molecule has 2 atom stereocenters. The van der Waals surface area contributed by atoms with E-state index in [1.807, 2.05) is 24.1 Å². The van der Waals surface area contributed by atoms with Crippen molar-refractivity contribution < 1.29 is 13.2 Å². The third kappa shape index (κ3) is 3.78. The molecule has 3 heterocycles. The summed E-state index contributed by atoms with van der Waals surface area (Å²) in [6, 6.07) is 1.84. The van der Waals surface area contributed by atoms with Crippen LogP contribution in [0.2, 0.25) is 0 Å². The van der Waals surface area contributed by atoms with Crippen LogP contribution < -0.4 is 0 Å². The van der Waals surface area contributed by atoms with Crippen molar-refractivity contribution in [3.8, 4) is 0 Å². The summed E-state index contributed by atoms with van der Waals surface area (Å²) in [6.07, 6.45) is 0.494. The number of thiophene rings is 1. The Kier molecular flexibility index (Phi) is 4.80. The Labute approximate surface area is 142 Å². The average Bonchev–Trinajstić information content (AvgIpc) is 3.04. The molecule has 23 heavy (non-hydrogen) atoms. The Balaban J connectivity index is 1.78. The molecule has 1 aromatic heterocycles. The highest BCUT2D eigenvalue weighted by Crippen LogP contribution is 2.29. The summed E-state index contributed by atoms with van der Waals surface area (Å²) >= 11 is 1.66. The molecule has 0 spiro atoms. The molecule has 0 bridgehead atoms. The number of sulfone groups is 1. The molecule has 0 aromatic carbocycles. The Morgan fingerprint density at radius 2 is 2.04 bits per heavy atom. The highest BCUT2D eigenvalue weighted by molar-refractivity contribution is 7.91. The minimum absolute atomic E-state index is 0.0650. The summed E-state index contributed by atoms with van der Waals surface area (Å²) in [7, 11) is -3.07. The number of hydrogen-bond donors (Lipinski definition) is 0. The Morgan fingerprint density at radius 3 is 2.70 bits per heavy atom. The quantitative estimate of drug-likeness (QED) is 0.822. The van der Waals surface area contributed by atoms with Crippen molar-refractivity contribution >= 4 is 27.1 Å². The zero-order valence-electron chi connectivity index (χ0n) is 13.6. The van der Waals surface area contributed by atoms with Crippen LogP contribution in [0.1, 0.15) is 25.8 Å². The molecule has 0 unspecified atom stereocenters. The first kappa shape index (κ1) is 16.9. The zero-order valence-corrected chi connectivity index (χ0v) is 15.3. The first-order valence-electron chi connectivity index (χ1n) is 8.11. The van der Waals surface area contributed by atoms with Crippen molar-refractivity contribution in [2.24, 2.45) is 5.92 Å². The van der Waals surface area contributed by atoms with Gasteiger partial charge in [0, 0.05) is 32.1 Å². The van der Waals surface area contributed by atoms with Crippen LogP contribution in [0.15, 0.2) is 16.8 Å². The van der Waals surface area contributed by atoms with Crippen LogP contribution in [0.5, 0.6) is 0 Å². The molecule has 0 aliphatic carbocycles. The molecule has 1 amide bonds. The number of hydrogen-bond acceptors (Lipinski definition) is 5. The van der Waals surface area contributed by atoms with E-state index in [1.165, 1.54) is 5.56 Å².